The smallest absolute Gasteiger partial charge is 0.230 e. The zero-order chi connectivity index (χ0) is 15.0. The molecule has 1 aliphatic heterocycles. The molecule has 3 rings (SSSR count). The van der Waals surface area contributed by atoms with Crippen molar-refractivity contribution in [2.45, 2.75) is 6.42 Å². The fourth-order valence-electron chi connectivity index (χ4n) is 2.24. The molecule has 5 nitrogen and oxygen atoms in total. The maximum atomic E-state index is 12.0. The van der Waals surface area contributed by atoms with E-state index in [4.69, 9.17) is 23.2 Å². The van der Waals surface area contributed by atoms with Gasteiger partial charge in [0.15, 0.2) is 0 Å². The second-order valence-electron chi connectivity index (χ2n) is 4.82. The van der Waals surface area contributed by atoms with Crippen LogP contribution in [0.15, 0.2) is 24.3 Å². The normalized spacial score (nSPS) is 17.8. The van der Waals surface area contributed by atoms with Gasteiger partial charge >= 0.3 is 0 Å². The van der Waals surface area contributed by atoms with Crippen LogP contribution in [-0.4, -0.2) is 23.3 Å². The fourth-order valence-corrected chi connectivity index (χ4v) is 2.66. The first kappa shape index (κ1) is 14.1. The van der Waals surface area contributed by atoms with E-state index in [9.17, 15) is 9.59 Å². The molecule has 1 aromatic carbocycles. The zero-order valence-corrected chi connectivity index (χ0v) is 12.3. The van der Waals surface area contributed by atoms with Gasteiger partial charge in [-0.05, 0) is 24.3 Å². The SMILES string of the molecule is O=C1C[C@H](C(=O)Nc2ccc3c(Cl)ccc(Cl)c3n2)CN1. The minimum Gasteiger partial charge on any atom is -0.355 e. The highest BCUT2D eigenvalue weighted by atomic mass is 35.5. The molecule has 1 aromatic heterocycles. The lowest BCUT2D eigenvalue weighted by atomic mass is 10.1. The Balaban J connectivity index is 1.86. The van der Waals surface area contributed by atoms with Crippen LogP contribution < -0.4 is 10.6 Å². The summed E-state index contributed by atoms with van der Waals surface area (Å²) in [6.45, 7) is 0.352. The fraction of sp³-hybridized carbons (Fsp3) is 0.214. The second kappa shape index (κ2) is 5.50. The van der Waals surface area contributed by atoms with E-state index in [0.717, 1.165) is 5.39 Å². The lowest BCUT2D eigenvalue weighted by Gasteiger charge is -2.10. The highest BCUT2D eigenvalue weighted by Gasteiger charge is 2.28. The van der Waals surface area contributed by atoms with E-state index in [2.05, 4.69) is 15.6 Å². The molecule has 108 valence electrons. The number of hydrogen-bond acceptors (Lipinski definition) is 3. The van der Waals surface area contributed by atoms with Crippen LogP contribution in [0.4, 0.5) is 5.82 Å². The van der Waals surface area contributed by atoms with Crippen LogP contribution in [0, 0.1) is 5.92 Å². The molecular formula is C14H11Cl2N3O2. The number of hydrogen-bond donors (Lipinski definition) is 2. The summed E-state index contributed by atoms with van der Waals surface area (Å²) in [6, 6.07) is 6.77. The molecule has 1 fully saturated rings. The average molecular weight is 324 g/mol. The molecule has 0 bridgehead atoms. The van der Waals surface area contributed by atoms with Crippen LogP contribution in [-0.2, 0) is 9.59 Å². The molecule has 1 saturated heterocycles. The highest BCUT2D eigenvalue weighted by Crippen LogP contribution is 2.29. The molecule has 1 atom stereocenters. The number of amides is 2. The summed E-state index contributed by atoms with van der Waals surface area (Å²) in [5, 5.41) is 7.05. The lowest BCUT2D eigenvalue weighted by Crippen LogP contribution is -2.25. The van der Waals surface area contributed by atoms with Crippen molar-refractivity contribution in [1.82, 2.24) is 10.3 Å². The molecule has 21 heavy (non-hydrogen) atoms. The number of fused-ring (bicyclic) bond motifs is 1. The quantitative estimate of drug-likeness (QED) is 0.892. The van der Waals surface area contributed by atoms with Crippen LogP contribution in [0.1, 0.15) is 6.42 Å². The van der Waals surface area contributed by atoms with Crippen molar-refractivity contribution < 1.29 is 9.59 Å². The van der Waals surface area contributed by atoms with E-state index in [-0.39, 0.29) is 24.2 Å². The van der Waals surface area contributed by atoms with Gasteiger partial charge < -0.3 is 10.6 Å². The summed E-state index contributed by atoms with van der Waals surface area (Å²) in [5.41, 5.74) is 0.530. The van der Waals surface area contributed by atoms with Gasteiger partial charge in [0.05, 0.1) is 21.5 Å². The molecule has 7 heteroatoms. The summed E-state index contributed by atoms with van der Waals surface area (Å²) < 4.78 is 0. The van der Waals surface area contributed by atoms with Crippen LogP contribution in [0.25, 0.3) is 10.9 Å². The summed E-state index contributed by atoms with van der Waals surface area (Å²) in [5.74, 6) is -0.337. The molecule has 0 unspecified atom stereocenters. The Morgan fingerprint density at radius 2 is 2.00 bits per heavy atom. The van der Waals surface area contributed by atoms with Crippen LogP contribution in [0.2, 0.25) is 10.0 Å². The molecule has 0 aliphatic carbocycles. The number of pyridine rings is 1. The third-order valence-corrected chi connectivity index (χ3v) is 3.99. The van der Waals surface area contributed by atoms with E-state index >= 15 is 0 Å². The summed E-state index contributed by atoms with van der Waals surface area (Å²) in [6.07, 6.45) is 0.200. The van der Waals surface area contributed by atoms with Crippen LogP contribution in [0.5, 0.6) is 0 Å². The van der Waals surface area contributed by atoms with Crippen molar-refractivity contribution in [3.8, 4) is 0 Å². The molecule has 2 aromatic rings. The highest BCUT2D eigenvalue weighted by molar-refractivity contribution is 6.39. The minimum atomic E-state index is -0.371. The second-order valence-corrected chi connectivity index (χ2v) is 5.63. The standard InChI is InChI=1S/C14H11Cl2N3O2/c15-9-2-3-10(16)13-8(9)1-4-11(18-13)19-14(21)7-5-12(20)17-6-7/h1-4,7H,5-6H2,(H,17,20)(H,18,19,21)/t7-/m0/s1. The van der Waals surface area contributed by atoms with Crippen LogP contribution in [0.3, 0.4) is 0 Å². The monoisotopic (exact) mass is 323 g/mol. The van der Waals surface area contributed by atoms with Crippen LogP contribution >= 0.6 is 23.2 Å². The maximum Gasteiger partial charge on any atom is 0.230 e. The van der Waals surface area contributed by atoms with E-state index in [1.807, 2.05) is 0 Å². The van der Waals surface area contributed by atoms with E-state index in [1.54, 1.807) is 24.3 Å². The predicted molar refractivity (Wildman–Crippen MR) is 81.5 cm³/mol. The number of carbonyl (C=O) groups is 2. The van der Waals surface area contributed by atoms with Gasteiger partial charge in [0.1, 0.15) is 5.82 Å². The number of nitrogens with zero attached hydrogens (tertiary/aromatic N) is 1. The first-order valence-electron chi connectivity index (χ1n) is 6.37. The Morgan fingerprint density at radius 3 is 2.71 bits per heavy atom. The Labute approximate surface area is 130 Å². The van der Waals surface area contributed by atoms with Crippen molar-refractivity contribution in [3.05, 3.63) is 34.3 Å². The summed E-state index contributed by atoms with van der Waals surface area (Å²) in [7, 11) is 0. The Morgan fingerprint density at radius 1 is 1.24 bits per heavy atom. The molecule has 0 radical (unpaired) electrons. The third kappa shape index (κ3) is 2.80. The van der Waals surface area contributed by atoms with Gasteiger partial charge in [0.2, 0.25) is 11.8 Å². The van der Waals surface area contributed by atoms with Gasteiger partial charge in [0, 0.05) is 18.4 Å². The van der Waals surface area contributed by atoms with E-state index in [1.165, 1.54) is 0 Å². The summed E-state index contributed by atoms with van der Waals surface area (Å²) >= 11 is 12.2. The number of benzene rings is 1. The number of nitrogens with one attached hydrogen (secondary N) is 2. The first-order chi connectivity index (χ1) is 10.0. The van der Waals surface area contributed by atoms with Gasteiger partial charge in [-0.3, -0.25) is 9.59 Å². The van der Waals surface area contributed by atoms with Gasteiger partial charge in [0.25, 0.3) is 0 Å². The average Bonchev–Trinajstić information content (AvgIpc) is 2.90. The van der Waals surface area contributed by atoms with Gasteiger partial charge in [-0.1, -0.05) is 23.2 Å². The number of carbonyl (C=O) groups excluding carboxylic acids is 2. The van der Waals surface area contributed by atoms with Crippen molar-refractivity contribution >= 4 is 51.7 Å². The van der Waals surface area contributed by atoms with Crippen molar-refractivity contribution in [3.63, 3.8) is 0 Å². The number of anilines is 1. The van der Waals surface area contributed by atoms with E-state index in [0.29, 0.717) is 27.9 Å². The Bertz CT molecular complexity index is 748. The number of aromatic nitrogens is 1. The van der Waals surface area contributed by atoms with E-state index < -0.39 is 0 Å². The third-order valence-electron chi connectivity index (χ3n) is 3.35. The number of rotatable bonds is 2. The largest absolute Gasteiger partial charge is 0.355 e. The molecule has 0 saturated carbocycles. The Hall–Kier alpha value is -1.85. The lowest BCUT2D eigenvalue weighted by molar-refractivity contribution is -0.123. The summed E-state index contributed by atoms with van der Waals surface area (Å²) in [4.78, 5) is 27.5. The maximum absolute atomic E-state index is 12.0. The van der Waals surface area contributed by atoms with Crippen molar-refractivity contribution in [2.24, 2.45) is 5.92 Å². The zero-order valence-electron chi connectivity index (χ0n) is 10.8. The first-order valence-corrected chi connectivity index (χ1v) is 7.12. The van der Waals surface area contributed by atoms with Crippen molar-refractivity contribution in [1.29, 1.82) is 0 Å². The molecular weight excluding hydrogens is 313 g/mol. The topological polar surface area (TPSA) is 71.1 Å². The predicted octanol–water partition coefficient (Wildman–Crippen LogP) is 2.62. The van der Waals surface area contributed by atoms with Gasteiger partial charge in [-0.2, -0.15) is 0 Å². The molecule has 2 N–H and O–H groups in total. The van der Waals surface area contributed by atoms with Gasteiger partial charge in [-0.25, -0.2) is 4.98 Å². The molecule has 0 spiro atoms. The van der Waals surface area contributed by atoms with Crippen molar-refractivity contribution in [2.75, 3.05) is 11.9 Å². The van der Waals surface area contributed by atoms with Gasteiger partial charge in [-0.15, -0.1) is 0 Å². The molecule has 2 heterocycles. The molecule has 2 amide bonds. The number of halogens is 2. The molecule has 1 aliphatic rings. The minimum absolute atomic E-state index is 0.114. The Kier molecular flexibility index (Phi) is 3.69.